The van der Waals surface area contributed by atoms with Gasteiger partial charge >= 0.3 is 0 Å². The molecule has 3 heterocycles. The molecule has 1 aromatic carbocycles. The Balaban J connectivity index is 1.30. The fourth-order valence-corrected chi connectivity index (χ4v) is 4.13. The number of hydrogen-bond acceptors (Lipinski definition) is 6. The molecule has 2 fully saturated rings. The Morgan fingerprint density at radius 2 is 1.73 bits per heavy atom. The number of aromatic nitrogens is 2. The molecule has 7 heteroatoms. The summed E-state index contributed by atoms with van der Waals surface area (Å²) in [6.45, 7) is 11.7. The van der Waals surface area contributed by atoms with Gasteiger partial charge in [-0.3, -0.25) is 9.69 Å². The highest BCUT2D eigenvalue weighted by atomic mass is 16.5. The van der Waals surface area contributed by atoms with Gasteiger partial charge in [-0.15, -0.1) is 0 Å². The van der Waals surface area contributed by atoms with Crippen molar-refractivity contribution in [3.63, 3.8) is 0 Å². The number of hydrogen-bond donors (Lipinski definition) is 0. The van der Waals surface area contributed by atoms with Gasteiger partial charge in [-0.05, 0) is 36.9 Å². The van der Waals surface area contributed by atoms with Crippen LogP contribution in [0.3, 0.4) is 0 Å². The number of amides is 1. The number of carbonyl (C=O) groups is 1. The summed E-state index contributed by atoms with van der Waals surface area (Å²) in [6, 6.07) is 8.36. The molecular weight excluding hydrogens is 380 g/mol. The monoisotopic (exact) mass is 412 g/mol. The van der Waals surface area contributed by atoms with Crippen molar-refractivity contribution in [1.29, 1.82) is 0 Å². The van der Waals surface area contributed by atoms with Crippen LogP contribution in [0.2, 0.25) is 0 Å². The molecule has 0 aliphatic carbocycles. The van der Waals surface area contributed by atoms with Gasteiger partial charge in [0.15, 0.2) is 0 Å². The van der Waals surface area contributed by atoms with Crippen LogP contribution in [-0.4, -0.2) is 65.2 Å². The highest BCUT2D eigenvalue weighted by Crippen LogP contribution is 2.26. The second-order valence-corrected chi connectivity index (χ2v) is 9.33. The maximum absolute atomic E-state index is 12.7. The summed E-state index contributed by atoms with van der Waals surface area (Å²) in [5.41, 5.74) is 2.37. The Hall–Kier alpha value is -2.25. The third kappa shape index (κ3) is 4.90. The largest absolute Gasteiger partial charge is 0.378 e. The number of morpholine rings is 1. The number of benzene rings is 1. The van der Waals surface area contributed by atoms with Crippen molar-refractivity contribution >= 4 is 5.91 Å². The lowest BCUT2D eigenvalue weighted by Gasteiger charge is -2.35. The summed E-state index contributed by atoms with van der Waals surface area (Å²) in [7, 11) is 0. The molecule has 1 amide bonds. The molecule has 0 spiro atoms. The smallest absolute Gasteiger partial charge is 0.241 e. The molecule has 1 aromatic heterocycles. The van der Waals surface area contributed by atoms with E-state index in [1.165, 1.54) is 5.56 Å². The first-order valence-corrected chi connectivity index (χ1v) is 10.9. The van der Waals surface area contributed by atoms with Gasteiger partial charge in [-0.2, -0.15) is 4.98 Å². The van der Waals surface area contributed by atoms with Gasteiger partial charge in [0.25, 0.3) is 0 Å². The van der Waals surface area contributed by atoms with Crippen molar-refractivity contribution in [2.24, 2.45) is 5.92 Å². The second-order valence-electron chi connectivity index (χ2n) is 9.33. The molecule has 2 aliphatic heterocycles. The summed E-state index contributed by atoms with van der Waals surface area (Å²) in [5.74, 6) is 1.67. The molecule has 4 rings (SSSR count). The van der Waals surface area contributed by atoms with Crippen molar-refractivity contribution in [2.75, 3.05) is 39.4 Å². The molecule has 2 saturated heterocycles. The molecule has 0 unspecified atom stereocenters. The number of ether oxygens (including phenoxy) is 1. The van der Waals surface area contributed by atoms with Gasteiger partial charge in [0, 0.05) is 24.6 Å². The number of carbonyl (C=O) groups excluding carboxylic acids is 1. The summed E-state index contributed by atoms with van der Waals surface area (Å²) in [5, 5.41) is 4.16. The summed E-state index contributed by atoms with van der Waals surface area (Å²) >= 11 is 0. The number of piperidine rings is 1. The zero-order valence-corrected chi connectivity index (χ0v) is 18.3. The number of rotatable bonds is 4. The van der Waals surface area contributed by atoms with Gasteiger partial charge < -0.3 is 14.2 Å². The third-order valence-electron chi connectivity index (χ3n) is 6.10. The van der Waals surface area contributed by atoms with Crippen LogP contribution in [0.1, 0.15) is 45.1 Å². The van der Waals surface area contributed by atoms with Crippen molar-refractivity contribution in [2.45, 2.75) is 45.6 Å². The standard InChI is InChI=1S/C23H32N4O3/c1-23(2,3)19-6-4-17(5-7-19)21-24-20(30-25-21)16-26-10-8-18(9-11-26)22(28)27-12-14-29-15-13-27/h4-7,18H,8-16H2,1-3H3. The lowest BCUT2D eigenvalue weighted by molar-refractivity contribution is -0.141. The highest BCUT2D eigenvalue weighted by molar-refractivity contribution is 5.79. The molecule has 0 radical (unpaired) electrons. The van der Waals surface area contributed by atoms with Crippen molar-refractivity contribution in [3.8, 4) is 11.4 Å². The quantitative estimate of drug-likeness (QED) is 0.768. The zero-order valence-electron chi connectivity index (χ0n) is 18.3. The fraction of sp³-hybridized carbons (Fsp3) is 0.609. The van der Waals surface area contributed by atoms with E-state index in [1.54, 1.807) is 0 Å². The van der Waals surface area contributed by atoms with Crippen LogP contribution in [0.5, 0.6) is 0 Å². The van der Waals surface area contributed by atoms with Crippen LogP contribution in [0, 0.1) is 5.92 Å². The van der Waals surface area contributed by atoms with Crippen molar-refractivity contribution in [3.05, 3.63) is 35.7 Å². The fourth-order valence-electron chi connectivity index (χ4n) is 4.13. The van der Waals surface area contributed by atoms with E-state index in [4.69, 9.17) is 9.26 Å². The van der Waals surface area contributed by atoms with Crippen LogP contribution in [0.15, 0.2) is 28.8 Å². The molecule has 0 saturated carbocycles. The van der Waals surface area contributed by atoms with Crippen molar-refractivity contribution in [1.82, 2.24) is 19.9 Å². The van der Waals surface area contributed by atoms with Gasteiger partial charge in [-0.1, -0.05) is 50.2 Å². The Labute approximate surface area is 178 Å². The highest BCUT2D eigenvalue weighted by Gasteiger charge is 2.30. The van der Waals surface area contributed by atoms with E-state index in [9.17, 15) is 4.79 Å². The molecule has 0 N–H and O–H groups in total. The topological polar surface area (TPSA) is 71.7 Å². The minimum Gasteiger partial charge on any atom is -0.378 e. The van der Waals surface area contributed by atoms with Gasteiger partial charge in [0.1, 0.15) is 0 Å². The minimum absolute atomic E-state index is 0.121. The first-order valence-electron chi connectivity index (χ1n) is 10.9. The zero-order chi connectivity index (χ0) is 21.1. The molecule has 0 atom stereocenters. The predicted molar refractivity (Wildman–Crippen MR) is 114 cm³/mol. The normalized spacial score (nSPS) is 19.2. The van der Waals surface area contributed by atoms with E-state index in [1.807, 2.05) is 4.90 Å². The van der Waals surface area contributed by atoms with Crippen LogP contribution in [-0.2, 0) is 21.5 Å². The second kappa shape index (κ2) is 8.86. The molecule has 2 aliphatic rings. The maximum Gasteiger partial charge on any atom is 0.241 e. The summed E-state index contributed by atoms with van der Waals surface area (Å²) in [4.78, 5) is 21.5. The predicted octanol–water partition coefficient (Wildman–Crippen LogP) is 3.10. The van der Waals surface area contributed by atoms with Crippen LogP contribution in [0.4, 0.5) is 0 Å². The average molecular weight is 413 g/mol. The minimum atomic E-state index is 0.121. The Morgan fingerprint density at radius 1 is 1.07 bits per heavy atom. The first kappa shape index (κ1) is 21.0. The SMILES string of the molecule is CC(C)(C)c1ccc(-c2noc(CN3CCC(C(=O)N4CCOCC4)CC3)n2)cc1. The van der Waals surface area contributed by atoms with E-state index in [2.05, 4.69) is 60.1 Å². The number of nitrogens with zero attached hydrogens (tertiary/aromatic N) is 4. The molecule has 2 aromatic rings. The van der Waals surface area contributed by atoms with E-state index in [-0.39, 0.29) is 17.2 Å². The first-order chi connectivity index (χ1) is 14.4. The lowest BCUT2D eigenvalue weighted by Crippen LogP contribution is -2.46. The van der Waals surface area contributed by atoms with Crippen LogP contribution >= 0.6 is 0 Å². The Bertz CT molecular complexity index is 842. The van der Waals surface area contributed by atoms with E-state index in [0.717, 1.165) is 44.6 Å². The van der Waals surface area contributed by atoms with E-state index >= 15 is 0 Å². The summed E-state index contributed by atoms with van der Waals surface area (Å²) < 4.78 is 10.8. The molecule has 0 bridgehead atoms. The summed E-state index contributed by atoms with van der Waals surface area (Å²) in [6.07, 6.45) is 1.76. The average Bonchev–Trinajstić information content (AvgIpc) is 3.22. The Morgan fingerprint density at radius 3 is 2.37 bits per heavy atom. The van der Waals surface area contributed by atoms with Crippen LogP contribution < -0.4 is 0 Å². The van der Waals surface area contributed by atoms with E-state index in [0.29, 0.717) is 31.5 Å². The van der Waals surface area contributed by atoms with Gasteiger partial charge in [0.2, 0.25) is 17.6 Å². The number of likely N-dealkylation sites (tertiary alicyclic amines) is 1. The molecule has 30 heavy (non-hydrogen) atoms. The lowest BCUT2D eigenvalue weighted by atomic mass is 9.87. The van der Waals surface area contributed by atoms with Gasteiger partial charge in [-0.25, -0.2) is 0 Å². The van der Waals surface area contributed by atoms with Gasteiger partial charge in [0.05, 0.1) is 19.8 Å². The molecular formula is C23H32N4O3. The molecule has 7 nitrogen and oxygen atoms in total. The van der Waals surface area contributed by atoms with Crippen LogP contribution in [0.25, 0.3) is 11.4 Å². The third-order valence-corrected chi connectivity index (χ3v) is 6.10. The van der Waals surface area contributed by atoms with E-state index < -0.39 is 0 Å². The molecule has 162 valence electrons. The van der Waals surface area contributed by atoms with Crippen molar-refractivity contribution < 1.29 is 14.1 Å². The maximum atomic E-state index is 12.7. The Kier molecular flexibility index (Phi) is 6.20.